The maximum absolute atomic E-state index is 14.7. The minimum atomic E-state index is -5.60. The molecule has 30 nitrogen and oxygen atoms in total. The summed E-state index contributed by atoms with van der Waals surface area (Å²) in [5.74, 6) is -13.4. The van der Waals surface area contributed by atoms with Crippen LogP contribution >= 0.6 is 0 Å². The van der Waals surface area contributed by atoms with Crippen LogP contribution in [0.25, 0.3) is 10.8 Å². The van der Waals surface area contributed by atoms with Crippen molar-refractivity contribution in [2.75, 3.05) is 19.7 Å². The van der Waals surface area contributed by atoms with Crippen LogP contribution in [0.15, 0.2) is 54.6 Å². The third-order valence-electron chi connectivity index (χ3n) is 14.9. The number of hydrogen-bond acceptors (Lipinski definition) is 22. The maximum Gasteiger partial charge on any atom is 1.00 e. The standard InChI is InChI=1S/C54H74N8O22S.Na/c1-4-5-6-7-8-9-16-83-32-14-12-27-17-30(11-10-28(27)18-32)47(72)56-33-21-37(67)50(75)60-52(77)43-44(69)25(2)23-62(43)54(79)41(36(66)22-39(55)68)58-51(76)42(46(71)45(70)29-13-15-35(65)38(19-29)84-85(80,81)82)59-49(74)34-20-31(64)24-61(34)53(78)40(26(3)63)57-48(33)73;/h10-15,17-19,25-26,31,33-34,36-37,40-46,50,63-67,69-71,75H,4-9,16,20-24H2,1-3H3,(H2,55,68)(H,56,72)(H,57,73)(H,58,76)(H,59,74)(H,60,77)(H,80,81,82);/q;+1/p-1/t25-,26+,31+,33+,34-,36+,37+,40?,41-,42-,43-,44-,45-,46-,50+;/m0./s1. The van der Waals surface area contributed by atoms with Gasteiger partial charge in [-0.25, -0.2) is 8.42 Å². The Bertz CT molecular complexity index is 3050. The Morgan fingerprint density at radius 2 is 1.40 bits per heavy atom. The van der Waals surface area contributed by atoms with Gasteiger partial charge in [0, 0.05) is 37.4 Å². The molecule has 15 atom stereocenters. The molecule has 1 unspecified atom stereocenters. The third kappa shape index (κ3) is 18.1. The Kier molecular flexibility index (Phi) is 25.4. The number of rotatable bonds is 19. The number of ether oxygens (including phenoxy) is 1. The van der Waals surface area contributed by atoms with Crippen LogP contribution in [0.4, 0.5) is 0 Å². The first-order valence-corrected chi connectivity index (χ1v) is 28.8. The molecule has 3 aromatic rings. The van der Waals surface area contributed by atoms with Crippen molar-refractivity contribution in [1.82, 2.24) is 36.4 Å². The number of phenols is 1. The predicted octanol–water partition coefficient (Wildman–Crippen LogP) is -7.24. The monoisotopic (exact) mass is 1240 g/mol. The van der Waals surface area contributed by atoms with Gasteiger partial charge in [0.25, 0.3) is 16.3 Å². The third-order valence-corrected chi connectivity index (χ3v) is 15.3. The van der Waals surface area contributed by atoms with Gasteiger partial charge in [0.05, 0.1) is 37.4 Å². The second-order valence-corrected chi connectivity index (χ2v) is 22.5. The first kappa shape index (κ1) is 70.4. The van der Waals surface area contributed by atoms with Gasteiger partial charge in [-0.2, -0.15) is 0 Å². The zero-order valence-corrected chi connectivity index (χ0v) is 50.4. The fourth-order valence-electron chi connectivity index (χ4n) is 10.3. The van der Waals surface area contributed by atoms with E-state index in [1.165, 1.54) is 19.1 Å². The van der Waals surface area contributed by atoms with E-state index in [1.807, 2.05) is 10.6 Å². The van der Waals surface area contributed by atoms with Gasteiger partial charge in [0.1, 0.15) is 60.3 Å². The van der Waals surface area contributed by atoms with E-state index in [2.05, 4.69) is 27.1 Å². The number of benzene rings is 3. The van der Waals surface area contributed by atoms with Crippen molar-refractivity contribution in [2.24, 2.45) is 11.7 Å². The molecule has 3 saturated heterocycles. The smallest absolute Gasteiger partial charge is 0.716 e. The number of aliphatic hydroxyl groups excluding tert-OH is 8. The fraction of sp³-hybridized carbons (Fsp3) is 0.556. The number of hydrogen-bond donors (Lipinski definition) is 15. The number of amides is 8. The molecule has 0 aliphatic carbocycles. The molecule has 6 rings (SSSR count). The van der Waals surface area contributed by atoms with Crippen molar-refractivity contribution in [2.45, 2.75) is 164 Å². The van der Waals surface area contributed by atoms with E-state index in [0.717, 1.165) is 51.5 Å². The van der Waals surface area contributed by atoms with E-state index >= 15 is 0 Å². The average Bonchev–Trinajstić information content (AvgIpc) is 1.82. The summed E-state index contributed by atoms with van der Waals surface area (Å²) >= 11 is 0. The predicted molar refractivity (Wildman–Crippen MR) is 292 cm³/mol. The first-order valence-electron chi connectivity index (χ1n) is 27.5. The van der Waals surface area contributed by atoms with Gasteiger partial charge in [0.15, 0.2) is 17.7 Å². The molecule has 468 valence electrons. The molecule has 3 aliphatic heterocycles. The molecule has 0 aromatic heterocycles. The maximum atomic E-state index is 14.7. The minimum absolute atomic E-state index is 0. The molecule has 0 saturated carbocycles. The van der Waals surface area contributed by atoms with Crippen molar-refractivity contribution in [1.29, 1.82) is 0 Å². The van der Waals surface area contributed by atoms with E-state index in [0.29, 0.717) is 45.1 Å². The number of aromatic hydroxyl groups is 1. The van der Waals surface area contributed by atoms with Crippen LogP contribution in [-0.2, 0) is 44.0 Å². The van der Waals surface area contributed by atoms with Gasteiger partial charge in [-0.05, 0) is 66.1 Å². The number of primary amides is 1. The molecule has 8 amide bonds. The molecular formula is C54H73N8NaO22S. The summed E-state index contributed by atoms with van der Waals surface area (Å²) in [6.07, 6.45) is -13.8. The van der Waals surface area contributed by atoms with E-state index in [4.69, 9.17) is 10.5 Å². The van der Waals surface area contributed by atoms with Crippen molar-refractivity contribution in [3.05, 3.63) is 65.7 Å². The number of nitrogens with two attached hydrogens (primary N) is 1. The summed E-state index contributed by atoms with van der Waals surface area (Å²) in [4.78, 5) is 114. The van der Waals surface area contributed by atoms with Gasteiger partial charge >= 0.3 is 29.6 Å². The summed E-state index contributed by atoms with van der Waals surface area (Å²) in [5, 5.41) is 113. The number of unbranched alkanes of at least 4 members (excludes halogenated alkanes) is 5. The zero-order valence-electron chi connectivity index (χ0n) is 47.6. The van der Waals surface area contributed by atoms with Crippen LogP contribution in [-0.4, -0.2) is 215 Å². The van der Waals surface area contributed by atoms with Crippen molar-refractivity contribution >= 4 is 68.4 Å². The molecule has 32 heteroatoms. The Morgan fingerprint density at radius 1 is 0.767 bits per heavy atom. The van der Waals surface area contributed by atoms with E-state index in [1.54, 1.807) is 24.3 Å². The second kappa shape index (κ2) is 31.0. The number of nitrogens with one attached hydrogen (secondary N) is 5. The summed E-state index contributed by atoms with van der Waals surface area (Å²) in [7, 11) is -5.60. The SMILES string of the molecule is CCCCCCCCOc1ccc2cc(C(=O)N[C@@H]3C[C@@H](O)[C@@H](O)NC(=O)[C@@H]4[C@@H](O)[C@@H](C)CN4C(=O)[C@H]([C@H](O)CC(N)=O)NC(=O)[C@H]([C@H](O)[C@@H](O)c4ccc(O)c(OS(=O)(=O)[O-])c4)NC(=O)[C@@H]4C[C@@H](O)CN4C(=O)C([C@@H](C)O)NC3=O)ccc2c1.[Na+]. The Labute approximate surface area is 516 Å². The first-order chi connectivity index (χ1) is 40.0. The van der Waals surface area contributed by atoms with E-state index < -0.39 is 198 Å². The molecule has 16 N–H and O–H groups in total. The molecule has 0 bridgehead atoms. The quantitative estimate of drug-likeness (QED) is 0.0229. The number of carbonyl (C=O) groups is 8. The number of aliphatic hydroxyl groups is 8. The average molecular weight is 1240 g/mol. The molecule has 86 heavy (non-hydrogen) atoms. The Hall–Kier alpha value is -6.33. The Morgan fingerprint density at radius 3 is 2.06 bits per heavy atom. The van der Waals surface area contributed by atoms with E-state index in [9.17, 15) is 97.3 Å². The van der Waals surface area contributed by atoms with Crippen LogP contribution in [0.3, 0.4) is 0 Å². The topological polar surface area (TPSA) is 487 Å². The van der Waals surface area contributed by atoms with Gasteiger partial charge < -0.3 is 102 Å². The number of fused-ring (bicyclic) bond motifs is 3. The zero-order chi connectivity index (χ0) is 62.8. The van der Waals surface area contributed by atoms with Crippen LogP contribution in [0.5, 0.6) is 17.2 Å². The molecule has 0 spiro atoms. The molecule has 3 aliphatic rings. The summed E-state index contributed by atoms with van der Waals surface area (Å²) in [6.45, 7) is 3.73. The molecular weight excluding hydrogens is 1170 g/mol. The minimum Gasteiger partial charge on any atom is -0.716 e. The molecule has 0 radical (unpaired) electrons. The summed E-state index contributed by atoms with van der Waals surface area (Å²) in [5.41, 5.74) is 4.68. The van der Waals surface area contributed by atoms with Crippen LogP contribution in [0, 0.1) is 5.92 Å². The largest absolute Gasteiger partial charge is 1.00 e. The van der Waals surface area contributed by atoms with Crippen molar-refractivity contribution in [3.8, 4) is 17.2 Å². The van der Waals surface area contributed by atoms with Gasteiger partial charge in [0.2, 0.25) is 41.4 Å². The normalized spacial score (nSPS) is 26.9. The molecule has 3 aromatic carbocycles. The summed E-state index contributed by atoms with van der Waals surface area (Å²) < 4.78 is 44.5. The van der Waals surface area contributed by atoms with Gasteiger partial charge in [-0.1, -0.05) is 64.2 Å². The van der Waals surface area contributed by atoms with Crippen LogP contribution in [0.2, 0.25) is 0 Å². The Balaban J connectivity index is 0.0000135. The molecule has 3 heterocycles. The van der Waals surface area contributed by atoms with Crippen molar-refractivity contribution in [3.63, 3.8) is 0 Å². The summed E-state index contributed by atoms with van der Waals surface area (Å²) in [6, 6.07) is -1.32. The number of nitrogens with zero attached hydrogens (tertiary/aromatic N) is 2. The van der Waals surface area contributed by atoms with Crippen LogP contribution in [0.1, 0.15) is 101 Å². The second-order valence-electron chi connectivity index (χ2n) is 21.5. The van der Waals surface area contributed by atoms with Gasteiger partial charge in [-0.3, -0.25) is 38.4 Å². The van der Waals surface area contributed by atoms with Crippen LogP contribution < -0.4 is 70.8 Å². The van der Waals surface area contributed by atoms with Crippen molar-refractivity contribution < 1.29 is 136 Å². The van der Waals surface area contributed by atoms with E-state index in [-0.39, 0.29) is 35.1 Å². The molecule has 3 fully saturated rings. The number of carbonyl (C=O) groups excluding carboxylic acids is 8. The van der Waals surface area contributed by atoms with Gasteiger partial charge in [-0.15, -0.1) is 0 Å². The number of phenolic OH excluding ortho intramolecular Hbond substituents is 1. The fourth-order valence-corrected chi connectivity index (χ4v) is 10.6.